The van der Waals surface area contributed by atoms with Crippen molar-refractivity contribution in [2.24, 2.45) is 50.7 Å². The summed E-state index contributed by atoms with van der Waals surface area (Å²) in [6.45, 7) is 18.1. The first-order valence-electron chi connectivity index (χ1n) is 16.8. The summed E-state index contributed by atoms with van der Waals surface area (Å²) in [4.78, 5) is 36.2. The van der Waals surface area contributed by atoms with Gasteiger partial charge in [0.2, 0.25) is 0 Å². The summed E-state index contributed by atoms with van der Waals surface area (Å²) in [5, 5.41) is 11.9. The molecule has 2 spiro atoms. The molecule has 242 valence electrons. The summed E-state index contributed by atoms with van der Waals surface area (Å²) in [6.07, 6.45) is 9.92. The Labute approximate surface area is 258 Å². The lowest BCUT2D eigenvalue weighted by Gasteiger charge is -2.63. The van der Waals surface area contributed by atoms with Gasteiger partial charge in [0.05, 0.1) is 6.10 Å². The van der Waals surface area contributed by atoms with Crippen molar-refractivity contribution in [3.8, 4) is 0 Å². The summed E-state index contributed by atoms with van der Waals surface area (Å²) in [5.41, 5.74) is 1.04. The van der Waals surface area contributed by atoms with Gasteiger partial charge in [0, 0.05) is 32.6 Å². The molecule has 0 radical (unpaired) electrons. The molecule has 0 saturated heterocycles. The Morgan fingerprint density at radius 2 is 1.51 bits per heavy atom. The van der Waals surface area contributed by atoms with Gasteiger partial charge in [0.1, 0.15) is 18.8 Å². The molecule has 7 heteroatoms. The Morgan fingerprint density at radius 3 is 2.12 bits per heavy atom. The molecular formula is C36H56O7. The first-order chi connectivity index (χ1) is 20.0. The van der Waals surface area contributed by atoms with Gasteiger partial charge in [-0.1, -0.05) is 39.3 Å². The third kappa shape index (κ3) is 4.80. The van der Waals surface area contributed by atoms with Gasteiger partial charge >= 0.3 is 17.9 Å². The van der Waals surface area contributed by atoms with Crippen molar-refractivity contribution in [2.75, 3.05) is 6.61 Å². The summed E-state index contributed by atoms with van der Waals surface area (Å²) < 4.78 is 17.5. The van der Waals surface area contributed by atoms with Crippen molar-refractivity contribution >= 4 is 17.9 Å². The molecule has 0 aromatic carbocycles. The Balaban J connectivity index is 1.46. The Morgan fingerprint density at radius 1 is 0.860 bits per heavy atom. The van der Waals surface area contributed by atoms with E-state index in [1.807, 2.05) is 0 Å². The van der Waals surface area contributed by atoms with Crippen LogP contribution in [0.2, 0.25) is 0 Å². The van der Waals surface area contributed by atoms with E-state index < -0.39 is 11.5 Å². The number of allylic oxidation sites excluding steroid dienone is 1. The van der Waals surface area contributed by atoms with Crippen molar-refractivity contribution in [1.82, 2.24) is 0 Å². The molecule has 0 amide bonds. The van der Waals surface area contributed by atoms with Gasteiger partial charge in [-0.2, -0.15) is 0 Å². The predicted molar refractivity (Wildman–Crippen MR) is 164 cm³/mol. The highest BCUT2D eigenvalue weighted by Crippen LogP contribution is 2.89. The highest BCUT2D eigenvalue weighted by molar-refractivity contribution is 5.67. The minimum absolute atomic E-state index is 0.0334. The van der Waals surface area contributed by atoms with Crippen LogP contribution in [-0.4, -0.2) is 47.9 Å². The topological polar surface area (TPSA) is 99.1 Å². The average Bonchev–Trinajstić information content (AvgIpc) is 3.51. The first kappa shape index (κ1) is 32.5. The van der Waals surface area contributed by atoms with Gasteiger partial charge in [-0.05, 0) is 111 Å². The zero-order chi connectivity index (χ0) is 31.8. The van der Waals surface area contributed by atoms with Crippen LogP contribution in [0.3, 0.4) is 0 Å². The highest BCUT2D eigenvalue weighted by Gasteiger charge is 2.83. The van der Waals surface area contributed by atoms with E-state index in [2.05, 4.69) is 47.6 Å². The number of hydrogen-bond acceptors (Lipinski definition) is 7. The van der Waals surface area contributed by atoms with Crippen LogP contribution in [-0.2, 0) is 28.6 Å². The summed E-state index contributed by atoms with van der Waals surface area (Å²) >= 11 is 0. The maximum Gasteiger partial charge on any atom is 0.302 e. The maximum absolute atomic E-state index is 12.2. The Kier molecular flexibility index (Phi) is 8.22. The fourth-order valence-electron chi connectivity index (χ4n) is 12.2. The van der Waals surface area contributed by atoms with Gasteiger partial charge in [-0.15, -0.1) is 0 Å². The largest absolute Gasteiger partial charge is 0.465 e. The molecule has 0 unspecified atom stereocenters. The molecule has 0 aromatic rings. The van der Waals surface area contributed by atoms with Crippen LogP contribution in [0.1, 0.15) is 120 Å². The number of carbonyl (C=O) groups is 3. The van der Waals surface area contributed by atoms with Crippen LogP contribution < -0.4 is 0 Å². The molecule has 0 aromatic heterocycles. The Hall–Kier alpha value is -1.89. The van der Waals surface area contributed by atoms with Gasteiger partial charge in [0.15, 0.2) is 0 Å². The molecule has 43 heavy (non-hydrogen) atoms. The zero-order valence-corrected chi connectivity index (χ0v) is 28.1. The standard InChI is InChI=1S/C36H56O7/c1-21(2)10-11-27(42-24(5)38)22(3)31-26(40)18-34(9)29-13-12-28-32(7,20-41-23(4)37)30(43-25(6)39)14-15-35(28)19-36(29,35)17-16-33(31,34)8/h10,22,26-31,40H,11-20H2,1-9H3/t22-,26+,27+,28+,29+,30+,31+,32+,33-,34+,35-,36+/m1/s1. The number of carbonyl (C=O) groups excluding carboxylic acids is 3. The summed E-state index contributed by atoms with van der Waals surface area (Å²) in [7, 11) is 0. The van der Waals surface area contributed by atoms with Crippen molar-refractivity contribution in [1.29, 1.82) is 0 Å². The molecule has 5 aliphatic rings. The quantitative estimate of drug-likeness (QED) is 0.186. The van der Waals surface area contributed by atoms with E-state index in [0.29, 0.717) is 18.3 Å². The van der Waals surface area contributed by atoms with Gasteiger partial charge in [-0.25, -0.2) is 0 Å². The monoisotopic (exact) mass is 600 g/mol. The van der Waals surface area contributed by atoms with Crippen LogP contribution in [0.25, 0.3) is 0 Å². The molecule has 7 nitrogen and oxygen atoms in total. The minimum Gasteiger partial charge on any atom is -0.465 e. The molecule has 5 fully saturated rings. The number of hydrogen-bond donors (Lipinski definition) is 1. The van der Waals surface area contributed by atoms with E-state index >= 15 is 0 Å². The number of ether oxygens (including phenoxy) is 3. The number of aliphatic hydroxyl groups is 1. The number of esters is 3. The lowest BCUT2D eigenvalue weighted by Crippen LogP contribution is -2.59. The SMILES string of the molecule is CC(=O)OC[C@]1(C)[C@@H](OC(C)=O)CC[C@]23C[C@]24CC[C@]2(C)[C@@H]([C@H](C)[C@H](CC=C(C)C)OC(C)=O)[C@@H](O)C[C@@]2(C)[C@@H]4CC[C@@H]13. The molecule has 5 saturated carbocycles. The molecular weight excluding hydrogens is 544 g/mol. The van der Waals surface area contributed by atoms with E-state index in [4.69, 9.17) is 14.2 Å². The molecule has 0 aliphatic heterocycles. The van der Waals surface area contributed by atoms with E-state index in [1.165, 1.54) is 32.8 Å². The second-order valence-electron chi connectivity index (χ2n) is 16.3. The van der Waals surface area contributed by atoms with E-state index in [1.54, 1.807) is 0 Å². The van der Waals surface area contributed by atoms with Crippen molar-refractivity contribution in [3.05, 3.63) is 11.6 Å². The molecule has 5 rings (SSSR count). The third-order valence-electron chi connectivity index (χ3n) is 14.0. The van der Waals surface area contributed by atoms with Crippen LogP contribution in [0, 0.1) is 50.7 Å². The predicted octanol–water partition coefficient (Wildman–Crippen LogP) is 6.80. The van der Waals surface area contributed by atoms with Crippen molar-refractivity contribution < 1.29 is 33.7 Å². The van der Waals surface area contributed by atoms with Crippen LogP contribution in [0.4, 0.5) is 0 Å². The molecule has 0 bridgehead atoms. The highest BCUT2D eigenvalue weighted by atomic mass is 16.6. The minimum atomic E-state index is -0.439. The smallest absolute Gasteiger partial charge is 0.302 e. The molecule has 1 N–H and O–H groups in total. The van der Waals surface area contributed by atoms with Gasteiger partial charge in [-0.3, -0.25) is 14.4 Å². The second-order valence-corrected chi connectivity index (χ2v) is 16.3. The van der Waals surface area contributed by atoms with E-state index in [-0.39, 0.29) is 70.2 Å². The van der Waals surface area contributed by atoms with Crippen LogP contribution in [0.15, 0.2) is 11.6 Å². The lowest BCUT2D eigenvalue weighted by molar-refractivity contribution is -0.197. The van der Waals surface area contributed by atoms with E-state index in [0.717, 1.165) is 44.9 Å². The maximum atomic E-state index is 12.2. The average molecular weight is 601 g/mol. The summed E-state index contributed by atoms with van der Waals surface area (Å²) in [5.74, 6) is 0.0694. The number of fused-ring (bicyclic) bond motifs is 2. The van der Waals surface area contributed by atoms with Crippen molar-refractivity contribution in [3.63, 3.8) is 0 Å². The van der Waals surface area contributed by atoms with Gasteiger partial charge < -0.3 is 19.3 Å². The van der Waals surface area contributed by atoms with Crippen LogP contribution in [0.5, 0.6) is 0 Å². The normalized spacial score (nSPS) is 45.7. The second kappa shape index (κ2) is 10.9. The van der Waals surface area contributed by atoms with Crippen LogP contribution >= 0.6 is 0 Å². The lowest BCUT2D eigenvalue weighted by atomic mass is 9.41. The fraction of sp³-hybridized carbons (Fsp3) is 0.861. The van der Waals surface area contributed by atoms with Crippen molar-refractivity contribution in [2.45, 2.75) is 138 Å². The molecule has 12 atom stereocenters. The fourth-order valence-corrected chi connectivity index (χ4v) is 12.2. The summed E-state index contributed by atoms with van der Waals surface area (Å²) in [6, 6.07) is 0. The third-order valence-corrected chi connectivity index (χ3v) is 14.0. The number of rotatable bonds is 8. The number of aliphatic hydroxyl groups excluding tert-OH is 1. The van der Waals surface area contributed by atoms with Gasteiger partial charge in [0.25, 0.3) is 0 Å². The first-order valence-corrected chi connectivity index (χ1v) is 16.8. The Bertz CT molecular complexity index is 1170. The van der Waals surface area contributed by atoms with E-state index in [9.17, 15) is 19.5 Å². The molecule has 0 heterocycles. The molecule has 5 aliphatic carbocycles. The zero-order valence-electron chi connectivity index (χ0n) is 28.1.